The predicted octanol–water partition coefficient (Wildman–Crippen LogP) is 0.428. The largest absolute Gasteiger partial charge is 0.338 e. The predicted molar refractivity (Wildman–Crippen MR) is 101 cm³/mol. The molecule has 3 rings (SSSR count). The van der Waals surface area contributed by atoms with Crippen molar-refractivity contribution in [3.63, 3.8) is 0 Å². The van der Waals surface area contributed by atoms with Gasteiger partial charge in [0.25, 0.3) is 5.69 Å². The molecule has 0 atom stereocenters. The van der Waals surface area contributed by atoms with Gasteiger partial charge in [0, 0.05) is 51.2 Å². The second-order valence-corrected chi connectivity index (χ2v) is 6.73. The van der Waals surface area contributed by atoms with Crippen molar-refractivity contribution in [3.8, 4) is 0 Å². The van der Waals surface area contributed by atoms with Gasteiger partial charge in [-0.2, -0.15) is 0 Å². The van der Waals surface area contributed by atoms with Crippen LogP contribution in [0.4, 0.5) is 5.69 Å². The van der Waals surface area contributed by atoms with E-state index in [4.69, 9.17) is 0 Å². The van der Waals surface area contributed by atoms with Crippen LogP contribution in [-0.4, -0.2) is 76.0 Å². The van der Waals surface area contributed by atoms with Crippen molar-refractivity contribution in [2.24, 2.45) is 0 Å². The first-order valence-electron chi connectivity index (χ1n) is 9.18. The van der Waals surface area contributed by atoms with Gasteiger partial charge in [-0.1, -0.05) is 12.1 Å². The Kier molecular flexibility index (Phi) is 6.01. The van der Waals surface area contributed by atoms with Crippen LogP contribution in [-0.2, 0) is 19.2 Å². The van der Waals surface area contributed by atoms with Gasteiger partial charge in [-0.3, -0.25) is 34.2 Å². The topological polar surface area (TPSA) is 121 Å². The summed E-state index contributed by atoms with van der Waals surface area (Å²) >= 11 is 0. The third-order valence-electron chi connectivity index (χ3n) is 4.93. The molecule has 10 nitrogen and oxygen atoms in total. The van der Waals surface area contributed by atoms with Crippen molar-refractivity contribution in [2.75, 3.05) is 32.7 Å². The highest BCUT2D eigenvalue weighted by atomic mass is 16.6. The molecule has 1 aromatic carbocycles. The molecule has 0 saturated carbocycles. The van der Waals surface area contributed by atoms with E-state index in [9.17, 15) is 29.3 Å². The van der Waals surface area contributed by atoms with Gasteiger partial charge in [0.2, 0.25) is 23.6 Å². The molecule has 0 N–H and O–H groups in total. The second kappa shape index (κ2) is 8.63. The van der Waals surface area contributed by atoms with Gasteiger partial charge >= 0.3 is 0 Å². The zero-order chi connectivity index (χ0) is 21.0. The summed E-state index contributed by atoms with van der Waals surface area (Å²) in [7, 11) is 0. The van der Waals surface area contributed by atoms with E-state index in [0.29, 0.717) is 31.7 Å². The second-order valence-electron chi connectivity index (χ2n) is 6.73. The number of benzene rings is 1. The smallest absolute Gasteiger partial charge is 0.276 e. The van der Waals surface area contributed by atoms with E-state index in [1.807, 2.05) is 0 Å². The van der Waals surface area contributed by atoms with Crippen LogP contribution in [0.2, 0.25) is 0 Å². The number of piperazine rings is 1. The Labute approximate surface area is 166 Å². The number of nitrogens with zero attached hydrogens (tertiary/aromatic N) is 4. The lowest BCUT2D eigenvalue weighted by atomic mass is 10.1. The number of imide groups is 1. The number of nitro groups is 1. The molecule has 0 bridgehead atoms. The zero-order valence-electron chi connectivity index (χ0n) is 15.7. The van der Waals surface area contributed by atoms with Crippen molar-refractivity contribution in [1.29, 1.82) is 0 Å². The fourth-order valence-electron chi connectivity index (χ4n) is 3.27. The minimum atomic E-state index is -0.510. The molecule has 2 fully saturated rings. The van der Waals surface area contributed by atoms with Crippen LogP contribution in [0, 0.1) is 10.1 Å². The Bertz CT molecular complexity index is 872. The van der Waals surface area contributed by atoms with E-state index >= 15 is 0 Å². The van der Waals surface area contributed by atoms with Gasteiger partial charge in [0.15, 0.2) is 0 Å². The van der Waals surface area contributed by atoms with Crippen LogP contribution in [0.1, 0.15) is 18.4 Å². The van der Waals surface area contributed by atoms with Crippen LogP contribution < -0.4 is 0 Å². The number of hydrogen-bond donors (Lipinski definition) is 0. The first kappa shape index (κ1) is 20.2. The number of carbonyl (C=O) groups is 4. The standard InChI is InChI=1S/C19H20N4O6/c24-16(6-5-14-3-1-2-4-15(14)23(28)29)20-9-11-21(12-10-20)19(27)13-22-17(25)7-8-18(22)26/h1-6H,7-13H2/b6-5+. The van der Waals surface area contributed by atoms with Gasteiger partial charge in [0.1, 0.15) is 6.54 Å². The average Bonchev–Trinajstić information content (AvgIpc) is 3.04. The Morgan fingerprint density at radius 1 is 1.00 bits per heavy atom. The van der Waals surface area contributed by atoms with E-state index in [-0.39, 0.29) is 48.7 Å². The number of rotatable bonds is 5. The number of hydrogen-bond acceptors (Lipinski definition) is 6. The summed E-state index contributed by atoms with van der Waals surface area (Å²) in [4.78, 5) is 62.5. The van der Waals surface area contributed by atoms with E-state index in [1.165, 1.54) is 23.1 Å². The quantitative estimate of drug-likeness (QED) is 0.306. The normalized spacial score (nSPS) is 17.3. The van der Waals surface area contributed by atoms with Crippen molar-refractivity contribution in [3.05, 3.63) is 46.0 Å². The van der Waals surface area contributed by atoms with Gasteiger partial charge < -0.3 is 9.80 Å². The van der Waals surface area contributed by atoms with Gasteiger partial charge in [-0.05, 0) is 12.1 Å². The van der Waals surface area contributed by atoms with Crippen LogP contribution in [0.15, 0.2) is 30.3 Å². The maximum atomic E-state index is 12.4. The van der Waals surface area contributed by atoms with Crippen LogP contribution in [0.3, 0.4) is 0 Å². The van der Waals surface area contributed by atoms with Gasteiger partial charge in [0.05, 0.1) is 10.5 Å². The molecule has 0 radical (unpaired) electrons. The molecule has 2 heterocycles. The fourth-order valence-corrected chi connectivity index (χ4v) is 3.27. The summed E-state index contributed by atoms with van der Waals surface area (Å²) in [5, 5.41) is 11.0. The molecular formula is C19H20N4O6. The summed E-state index contributed by atoms with van der Waals surface area (Å²) in [5.41, 5.74) is 0.248. The molecule has 1 aromatic rings. The molecule has 152 valence electrons. The van der Waals surface area contributed by atoms with Crippen molar-refractivity contribution >= 4 is 35.4 Å². The molecule has 2 saturated heterocycles. The Morgan fingerprint density at radius 3 is 2.21 bits per heavy atom. The summed E-state index contributed by atoms with van der Waals surface area (Å²) in [6.45, 7) is 0.921. The number of carbonyl (C=O) groups excluding carboxylic acids is 4. The number of likely N-dealkylation sites (tertiary alicyclic amines) is 1. The summed E-state index contributed by atoms with van der Waals surface area (Å²) in [6.07, 6.45) is 2.96. The molecule has 0 aromatic heterocycles. The Morgan fingerprint density at radius 2 is 1.59 bits per heavy atom. The van der Waals surface area contributed by atoms with Gasteiger partial charge in [-0.25, -0.2) is 0 Å². The van der Waals surface area contributed by atoms with E-state index in [2.05, 4.69) is 0 Å². The van der Waals surface area contributed by atoms with Crippen LogP contribution >= 0.6 is 0 Å². The molecule has 0 unspecified atom stereocenters. The Hall–Kier alpha value is -3.56. The van der Waals surface area contributed by atoms with Crippen LogP contribution in [0.5, 0.6) is 0 Å². The lowest BCUT2D eigenvalue weighted by molar-refractivity contribution is -0.385. The lowest BCUT2D eigenvalue weighted by Crippen LogP contribution is -2.52. The maximum Gasteiger partial charge on any atom is 0.276 e. The first-order chi connectivity index (χ1) is 13.9. The molecule has 0 aliphatic carbocycles. The molecular weight excluding hydrogens is 380 g/mol. The highest BCUT2D eigenvalue weighted by molar-refractivity contribution is 6.04. The first-order valence-corrected chi connectivity index (χ1v) is 9.18. The number of para-hydroxylation sites is 1. The zero-order valence-corrected chi connectivity index (χ0v) is 15.7. The molecule has 0 spiro atoms. The van der Waals surface area contributed by atoms with Crippen molar-refractivity contribution in [1.82, 2.24) is 14.7 Å². The van der Waals surface area contributed by atoms with E-state index in [0.717, 1.165) is 4.90 Å². The monoisotopic (exact) mass is 400 g/mol. The Balaban J connectivity index is 1.53. The maximum absolute atomic E-state index is 12.4. The fraction of sp³-hybridized carbons (Fsp3) is 0.368. The third kappa shape index (κ3) is 4.65. The number of nitro benzene ring substituents is 1. The summed E-state index contributed by atoms with van der Waals surface area (Å²) < 4.78 is 0. The highest BCUT2D eigenvalue weighted by Crippen LogP contribution is 2.19. The average molecular weight is 400 g/mol. The van der Waals surface area contributed by atoms with Crippen molar-refractivity contribution < 1.29 is 24.1 Å². The summed E-state index contributed by atoms with van der Waals surface area (Å²) in [5.74, 6) is -1.30. The summed E-state index contributed by atoms with van der Waals surface area (Å²) in [6, 6.07) is 6.12. The molecule has 10 heteroatoms. The third-order valence-corrected chi connectivity index (χ3v) is 4.93. The molecule has 2 aliphatic heterocycles. The molecule has 29 heavy (non-hydrogen) atoms. The lowest BCUT2D eigenvalue weighted by Gasteiger charge is -2.34. The molecule has 2 aliphatic rings. The van der Waals surface area contributed by atoms with Gasteiger partial charge in [-0.15, -0.1) is 0 Å². The van der Waals surface area contributed by atoms with E-state index in [1.54, 1.807) is 23.1 Å². The van der Waals surface area contributed by atoms with Crippen molar-refractivity contribution in [2.45, 2.75) is 12.8 Å². The van der Waals surface area contributed by atoms with E-state index < -0.39 is 4.92 Å². The van der Waals surface area contributed by atoms with Crippen LogP contribution in [0.25, 0.3) is 6.08 Å². The molecule has 4 amide bonds. The number of amides is 4. The SMILES string of the molecule is O=C(/C=C/c1ccccc1[N+](=O)[O-])N1CCN(C(=O)CN2C(=O)CCC2=O)CC1. The minimum absolute atomic E-state index is 0.0852. The minimum Gasteiger partial charge on any atom is -0.338 e. The highest BCUT2D eigenvalue weighted by Gasteiger charge is 2.32.